The van der Waals surface area contributed by atoms with E-state index < -0.39 is 0 Å². The molecule has 3 heterocycles. The van der Waals surface area contributed by atoms with Crippen molar-refractivity contribution in [3.63, 3.8) is 0 Å². The molecule has 3 aromatic carbocycles. The molecule has 2 nitrogen and oxygen atoms in total. The molecule has 0 radical (unpaired) electrons. The van der Waals surface area contributed by atoms with Crippen molar-refractivity contribution in [2.24, 2.45) is 0 Å². The zero-order valence-electron chi connectivity index (χ0n) is 14.5. The third kappa shape index (κ3) is 2.22. The van der Waals surface area contributed by atoms with Crippen LogP contribution in [0.2, 0.25) is 0 Å². The molecular formula is C24H16N2Ru. The van der Waals surface area contributed by atoms with Crippen LogP contribution < -0.4 is 17.7 Å². The third-order valence-corrected chi connectivity index (χ3v) is 7.25. The Bertz CT molecular complexity index is 1140. The first-order chi connectivity index (χ1) is 13.4. The van der Waals surface area contributed by atoms with Gasteiger partial charge < -0.3 is 0 Å². The summed E-state index contributed by atoms with van der Waals surface area (Å²) in [6.07, 6.45) is 9.06. The minimum atomic E-state index is -0.0569. The van der Waals surface area contributed by atoms with Crippen LogP contribution in [0.1, 0.15) is 11.1 Å². The first-order valence-corrected chi connectivity index (χ1v) is 10.6. The van der Waals surface area contributed by atoms with Gasteiger partial charge in [0.25, 0.3) is 0 Å². The number of anilines is 2. The summed E-state index contributed by atoms with van der Waals surface area (Å²) in [5.74, 6) is 0. The molecule has 27 heavy (non-hydrogen) atoms. The number of nitrogens with zero attached hydrogens (tertiary/aromatic N) is 2. The van der Waals surface area contributed by atoms with E-state index in [1.807, 2.05) is 0 Å². The molecule has 0 aliphatic carbocycles. The molecular weight excluding hydrogens is 417 g/mol. The van der Waals surface area contributed by atoms with Gasteiger partial charge in [0.05, 0.1) is 0 Å². The minimum absolute atomic E-state index is 0.0569. The quantitative estimate of drug-likeness (QED) is 0.569. The second kappa shape index (κ2) is 5.80. The summed E-state index contributed by atoms with van der Waals surface area (Å²) in [7, 11) is 0. The van der Waals surface area contributed by atoms with Crippen molar-refractivity contribution in [3.8, 4) is 0 Å². The van der Waals surface area contributed by atoms with E-state index >= 15 is 0 Å². The van der Waals surface area contributed by atoms with Crippen LogP contribution in [0.4, 0.5) is 11.4 Å². The Hall–Kier alpha value is -2.90. The zero-order chi connectivity index (χ0) is 17.8. The molecule has 3 heteroatoms. The van der Waals surface area contributed by atoms with Crippen molar-refractivity contribution in [2.45, 2.75) is 0 Å². The fraction of sp³-hybridized carbons (Fsp3) is 0. The molecule has 0 unspecified atom stereocenters. The van der Waals surface area contributed by atoms with E-state index in [-0.39, 0.29) is 17.6 Å². The van der Waals surface area contributed by atoms with E-state index in [2.05, 4.69) is 105 Å². The van der Waals surface area contributed by atoms with Crippen LogP contribution >= 0.6 is 0 Å². The van der Waals surface area contributed by atoms with Gasteiger partial charge in [0.2, 0.25) is 0 Å². The first kappa shape index (κ1) is 15.2. The molecule has 0 fully saturated rings. The summed E-state index contributed by atoms with van der Waals surface area (Å²) < 4.78 is 4.90. The van der Waals surface area contributed by atoms with E-state index in [1.54, 1.807) is 0 Å². The van der Waals surface area contributed by atoms with E-state index in [1.165, 1.54) is 44.1 Å². The van der Waals surface area contributed by atoms with Crippen LogP contribution in [0.5, 0.6) is 0 Å². The Morgan fingerprint density at radius 1 is 0.519 bits per heavy atom. The fourth-order valence-corrected chi connectivity index (χ4v) is 6.01. The monoisotopic (exact) mass is 434 g/mol. The molecule has 0 aromatic heterocycles. The van der Waals surface area contributed by atoms with E-state index in [0.29, 0.717) is 0 Å². The third-order valence-electron chi connectivity index (χ3n) is 5.21. The maximum absolute atomic E-state index is 2.45. The Kier molecular flexibility index (Phi) is 3.26. The van der Waals surface area contributed by atoms with Crippen LogP contribution in [0, 0.1) is 0 Å². The standard InChI is InChI=1S/C24H16N2.Ru/c1-3-7-17(8-4-1)19-13-15-25-23-21(19)11-12-22-20(14-16-26-24(22)23)18-9-5-2-6-10-18;/h1-16H;/q-2;+2. The Morgan fingerprint density at radius 3 is 1.41 bits per heavy atom. The molecule has 0 atom stereocenters. The molecule has 0 saturated heterocycles. The average Bonchev–Trinajstić information content (AvgIpc) is 3.13. The van der Waals surface area contributed by atoms with Crippen molar-refractivity contribution in [1.29, 1.82) is 0 Å². The first-order valence-electron chi connectivity index (χ1n) is 9.01. The van der Waals surface area contributed by atoms with E-state index in [9.17, 15) is 0 Å². The molecule has 3 aliphatic heterocycles. The van der Waals surface area contributed by atoms with Gasteiger partial charge >= 0.3 is 166 Å². The van der Waals surface area contributed by atoms with Gasteiger partial charge in [-0.3, -0.25) is 0 Å². The number of hydrogen-bond acceptors (Lipinski definition) is 2. The summed E-state index contributed by atoms with van der Waals surface area (Å²) in [4.78, 5) is 0. The molecule has 0 spiro atoms. The molecule has 0 amide bonds. The molecule has 130 valence electrons. The molecule has 0 N–H and O–H groups in total. The van der Waals surface area contributed by atoms with E-state index in [0.717, 1.165) is 0 Å². The summed E-state index contributed by atoms with van der Waals surface area (Å²) in [6, 6.07) is 26.0. The predicted molar refractivity (Wildman–Crippen MR) is 107 cm³/mol. The van der Waals surface area contributed by atoms with Gasteiger partial charge in [-0.25, -0.2) is 0 Å². The topological polar surface area (TPSA) is 6.48 Å². The van der Waals surface area contributed by atoms with Gasteiger partial charge in [-0.05, 0) is 0 Å². The fourth-order valence-electron chi connectivity index (χ4n) is 3.98. The van der Waals surface area contributed by atoms with Crippen molar-refractivity contribution in [3.05, 3.63) is 119 Å². The summed E-state index contributed by atoms with van der Waals surface area (Å²) >= 11 is -0.0569. The summed E-state index contributed by atoms with van der Waals surface area (Å²) in [6.45, 7) is 0. The second-order valence-corrected chi connectivity index (χ2v) is 8.74. The van der Waals surface area contributed by atoms with Crippen molar-refractivity contribution in [1.82, 2.24) is 0 Å². The normalized spacial score (nSPS) is 16.4. The van der Waals surface area contributed by atoms with Gasteiger partial charge in [-0.2, -0.15) is 0 Å². The number of rotatable bonds is 2. The van der Waals surface area contributed by atoms with Gasteiger partial charge in [0.15, 0.2) is 0 Å². The molecule has 0 saturated carbocycles. The second-order valence-electron chi connectivity index (χ2n) is 6.72. The predicted octanol–water partition coefficient (Wildman–Crippen LogP) is 3.68. The summed E-state index contributed by atoms with van der Waals surface area (Å²) in [5.41, 5.74) is 7.90. The SMILES string of the molecule is C1=C[N]2[Ru][N]3C=CC(c4ccccc4)=c4ccc(c2c43)=C1c1ccccc1. The van der Waals surface area contributed by atoms with Gasteiger partial charge in [-0.1, -0.05) is 0 Å². The Morgan fingerprint density at radius 2 is 0.963 bits per heavy atom. The van der Waals surface area contributed by atoms with Crippen molar-refractivity contribution in [2.75, 3.05) is 7.29 Å². The van der Waals surface area contributed by atoms with Gasteiger partial charge in [0.1, 0.15) is 0 Å². The van der Waals surface area contributed by atoms with Crippen LogP contribution in [0.25, 0.3) is 11.1 Å². The van der Waals surface area contributed by atoms with Crippen LogP contribution in [-0.4, -0.2) is 0 Å². The number of allylic oxidation sites excluding steroid dienone is 2. The molecule has 3 aromatic rings. The van der Waals surface area contributed by atoms with Crippen LogP contribution in [0.3, 0.4) is 0 Å². The van der Waals surface area contributed by atoms with Gasteiger partial charge in [-0.15, -0.1) is 0 Å². The Labute approximate surface area is 166 Å². The molecule has 3 aliphatic rings. The van der Waals surface area contributed by atoms with E-state index in [4.69, 9.17) is 0 Å². The maximum atomic E-state index is 2.45. The van der Waals surface area contributed by atoms with Crippen molar-refractivity contribution >= 4 is 22.5 Å². The summed E-state index contributed by atoms with van der Waals surface area (Å²) in [5, 5.41) is 2.67. The van der Waals surface area contributed by atoms with Crippen molar-refractivity contribution < 1.29 is 17.6 Å². The Balaban J connectivity index is 1.70. The average molecular weight is 433 g/mol. The molecule has 6 rings (SSSR count). The van der Waals surface area contributed by atoms with Gasteiger partial charge in [0, 0.05) is 0 Å². The zero-order valence-corrected chi connectivity index (χ0v) is 16.2. The number of hydrogen-bond donors (Lipinski definition) is 0. The van der Waals surface area contributed by atoms with Crippen LogP contribution in [0.15, 0.2) is 97.3 Å². The van der Waals surface area contributed by atoms with Crippen LogP contribution in [-0.2, 0) is 17.6 Å². The molecule has 0 bridgehead atoms. The number of benzene rings is 3.